The van der Waals surface area contributed by atoms with Crippen molar-refractivity contribution in [3.05, 3.63) is 33.6 Å². The number of fused-ring (bicyclic) bond motifs is 1. The number of halogens is 1. The number of hydrogen-bond donors (Lipinski definition) is 0. The first-order valence-corrected chi connectivity index (χ1v) is 14.3. The van der Waals surface area contributed by atoms with E-state index in [1.165, 1.54) is 11.8 Å². The van der Waals surface area contributed by atoms with Gasteiger partial charge in [-0.15, -0.1) is 0 Å². The molecule has 10 heteroatoms. The lowest BCUT2D eigenvalue weighted by molar-refractivity contribution is -0.132. The van der Waals surface area contributed by atoms with Gasteiger partial charge in [0.1, 0.15) is 0 Å². The fourth-order valence-electron chi connectivity index (χ4n) is 4.79. The van der Waals surface area contributed by atoms with E-state index in [1.54, 1.807) is 22.8 Å². The van der Waals surface area contributed by atoms with Crippen LogP contribution in [0, 0.1) is 0 Å². The zero-order chi connectivity index (χ0) is 22.9. The molecule has 0 radical (unpaired) electrons. The highest BCUT2D eigenvalue weighted by Crippen LogP contribution is 2.30. The summed E-state index contributed by atoms with van der Waals surface area (Å²) in [5, 5.41) is 1.49. The molecule has 1 amide bonds. The van der Waals surface area contributed by atoms with Crippen LogP contribution in [0.1, 0.15) is 45.4 Å². The SMILES string of the molecule is CCCn1c(SCC(=O)N(C2CCCC2)[C@@H]2CCS(=O)(=O)C2)nc2cc(Cl)ccc2c1=O. The number of aromatic nitrogens is 2. The van der Waals surface area contributed by atoms with Gasteiger partial charge in [-0.2, -0.15) is 0 Å². The number of thioether (sulfide) groups is 1. The Bertz CT molecular complexity index is 1180. The molecule has 0 spiro atoms. The summed E-state index contributed by atoms with van der Waals surface area (Å²) in [7, 11) is -3.09. The summed E-state index contributed by atoms with van der Waals surface area (Å²) in [4.78, 5) is 32.8. The van der Waals surface area contributed by atoms with Crippen molar-refractivity contribution in [3.8, 4) is 0 Å². The quantitative estimate of drug-likeness (QED) is 0.429. The Morgan fingerprint density at radius 3 is 2.66 bits per heavy atom. The monoisotopic (exact) mass is 497 g/mol. The highest BCUT2D eigenvalue weighted by molar-refractivity contribution is 7.99. The summed E-state index contributed by atoms with van der Waals surface area (Å²) in [5.74, 6) is 0.236. The Balaban J connectivity index is 1.60. The van der Waals surface area contributed by atoms with Crippen molar-refractivity contribution in [1.29, 1.82) is 0 Å². The molecule has 1 aromatic heterocycles. The lowest BCUT2D eigenvalue weighted by Gasteiger charge is -2.34. The molecule has 2 aliphatic rings. The largest absolute Gasteiger partial charge is 0.335 e. The second-order valence-electron chi connectivity index (χ2n) is 8.60. The van der Waals surface area contributed by atoms with Gasteiger partial charge in [0, 0.05) is 23.7 Å². The first-order chi connectivity index (χ1) is 15.3. The molecule has 1 atom stereocenters. The third-order valence-corrected chi connectivity index (χ3v) is 9.21. The number of hydrogen-bond acceptors (Lipinski definition) is 6. The minimum atomic E-state index is -3.09. The van der Waals surface area contributed by atoms with E-state index in [-0.39, 0.29) is 40.8 Å². The van der Waals surface area contributed by atoms with Crippen LogP contribution in [0.4, 0.5) is 0 Å². The van der Waals surface area contributed by atoms with Gasteiger partial charge < -0.3 is 4.90 Å². The van der Waals surface area contributed by atoms with E-state index in [2.05, 4.69) is 4.98 Å². The van der Waals surface area contributed by atoms with Gasteiger partial charge in [-0.25, -0.2) is 13.4 Å². The number of amides is 1. The summed E-state index contributed by atoms with van der Waals surface area (Å²) in [6.07, 6.45) is 5.22. The molecule has 7 nitrogen and oxygen atoms in total. The number of sulfone groups is 1. The number of nitrogens with zero attached hydrogens (tertiary/aromatic N) is 3. The Labute approximate surface area is 197 Å². The molecule has 0 N–H and O–H groups in total. The summed E-state index contributed by atoms with van der Waals surface area (Å²) < 4.78 is 25.8. The molecule has 2 fully saturated rings. The molecular weight excluding hydrogens is 470 g/mol. The van der Waals surface area contributed by atoms with Crippen molar-refractivity contribution < 1.29 is 13.2 Å². The lowest BCUT2D eigenvalue weighted by Crippen LogP contribution is -2.47. The van der Waals surface area contributed by atoms with E-state index in [0.717, 1.165) is 32.1 Å². The van der Waals surface area contributed by atoms with Gasteiger partial charge in [0.15, 0.2) is 15.0 Å². The highest BCUT2D eigenvalue weighted by atomic mass is 35.5. The molecule has 1 aromatic carbocycles. The predicted molar refractivity (Wildman–Crippen MR) is 128 cm³/mol. The second-order valence-corrected chi connectivity index (χ2v) is 12.2. The fraction of sp³-hybridized carbons (Fsp3) is 0.591. The molecule has 1 aliphatic carbocycles. The van der Waals surface area contributed by atoms with Gasteiger partial charge in [-0.3, -0.25) is 14.2 Å². The lowest BCUT2D eigenvalue weighted by atomic mass is 10.1. The van der Waals surface area contributed by atoms with E-state index < -0.39 is 9.84 Å². The summed E-state index contributed by atoms with van der Waals surface area (Å²) in [6, 6.07) is 4.87. The maximum atomic E-state index is 13.3. The molecule has 0 bridgehead atoms. The number of benzene rings is 1. The minimum Gasteiger partial charge on any atom is -0.335 e. The van der Waals surface area contributed by atoms with Gasteiger partial charge >= 0.3 is 0 Å². The number of carbonyl (C=O) groups is 1. The maximum absolute atomic E-state index is 13.3. The van der Waals surface area contributed by atoms with E-state index in [1.807, 2.05) is 11.8 Å². The van der Waals surface area contributed by atoms with Crippen LogP contribution in [0.3, 0.4) is 0 Å². The second kappa shape index (κ2) is 9.73. The first-order valence-electron chi connectivity index (χ1n) is 11.1. The Morgan fingerprint density at radius 2 is 2.00 bits per heavy atom. The molecular formula is C22H28ClN3O4S2. The van der Waals surface area contributed by atoms with Crippen molar-refractivity contribution in [2.24, 2.45) is 0 Å². The highest BCUT2D eigenvalue weighted by Gasteiger charge is 2.39. The number of rotatable bonds is 7. The molecule has 0 unspecified atom stereocenters. The van der Waals surface area contributed by atoms with Gasteiger partial charge in [0.2, 0.25) is 5.91 Å². The van der Waals surface area contributed by atoms with Crippen LogP contribution in [0.25, 0.3) is 10.9 Å². The third-order valence-electron chi connectivity index (χ3n) is 6.26. The molecule has 4 rings (SSSR count). The van der Waals surface area contributed by atoms with Crippen LogP contribution in [-0.4, -0.2) is 58.1 Å². The van der Waals surface area contributed by atoms with Gasteiger partial charge in [-0.05, 0) is 43.9 Å². The van der Waals surface area contributed by atoms with Crippen LogP contribution in [-0.2, 0) is 21.2 Å². The number of carbonyl (C=O) groups excluding carboxylic acids is 1. The van der Waals surface area contributed by atoms with Crippen LogP contribution in [0.15, 0.2) is 28.2 Å². The molecule has 1 aliphatic heterocycles. The first kappa shape index (κ1) is 23.6. The van der Waals surface area contributed by atoms with Gasteiger partial charge in [-0.1, -0.05) is 43.1 Å². The Hall–Kier alpha value is -1.58. The van der Waals surface area contributed by atoms with Crippen LogP contribution >= 0.6 is 23.4 Å². The Morgan fingerprint density at radius 1 is 1.25 bits per heavy atom. The van der Waals surface area contributed by atoms with Crippen LogP contribution in [0.5, 0.6) is 0 Å². The van der Waals surface area contributed by atoms with E-state index in [9.17, 15) is 18.0 Å². The van der Waals surface area contributed by atoms with E-state index >= 15 is 0 Å². The van der Waals surface area contributed by atoms with Gasteiger partial charge in [0.05, 0.1) is 28.2 Å². The molecule has 1 saturated carbocycles. The smallest absolute Gasteiger partial charge is 0.262 e. The predicted octanol–water partition coefficient (Wildman–Crippen LogP) is 3.51. The van der Waals surface area contributed by atoms with Crippen molar-refractivity contribution in [2.75, 3.05) is 17.3 Å². The third kappa shape index (κ3) is 4.99. The van der Waals surface area contributed by atoms with Gasteiger partial charge in [0.25, 0.3) is 5.56 Å². The summed E-state index contributed by atoms with van der Waals surface area (Å²) in [6.45, 7) is 2.49. The van der Waals surface area contributed by atoms with Crippen molar-refractivity contribution in [2.45, 2.75) is 69.2 Å². The zero-order valence-electron chi connectivity index (χ0n) is 18.1. The molecule has 174 valence electrons. The summed E-state index contributed by atoms with van der Waals surface area (Å²) >= 11 is 7.34. The van der Waals surface area contributed by atoms with Crippen LogP contribution in [0.2, 0.25) is 5.02 Å². The maximum Gasteiger partial charge on any atom is 0.262 e. The fourth-order valence-corrected chi connectivity index (χ4v) is 7.56. The molecule has 1 saturated heterocycles. The van der Waals surface area contributed by atoms with Crippen LogP contribution < -0.4 is 5.56 Å². The average molecular weight is 498 g/mol. The van der Waals surface area contributed by atoms with Crippen molar-refractivity contribution in [1.82, 2.24) is 14.5 Å². The normalized spacial score (nSPS) is 20.8. The average Bonchev–Trinajstić information content (AvgIpc) is 3.39. The topological polar surface area (TPSA) is 89.3 Å². The molecule has 2 aromatic rings. The van der Waals surface area contributed by atoms with Crippen molar-refractivity contribution in [3.63, 3.8) is 0 Å². The Kier molecular flexibility index (Phi) is 7.17. The zero-order valence-corrected chi connectivity index (χ0v) is 20.5. The van der Waals surface area contributed by atoms with Crippen molar-refractivity contribution >= 4 is 50.0 Å². The standard InChI is InChI=1S/C22H28ClN3O4S2/c1-2-10-25-21(28)18-8-7-15(23)12-19(18)24-22(25)31-13-20(27)26(16-5-3-4-6-16)17-9-11-32(29,30)14-17/h7-8,12,16-17H,2-6,9-11,13-14H2,1H3/t17-/m1/s1. The van der Waals surface area contributed by atoms with E-state index in [4.69, 9.17) is 11.6 Å². The van der Waals surface area contributed by atoms with E-state index in [0.29, 0.717) is 34.0 Å². The minimum absolute atomic E-state index is 0.0488. The molecule has 2 heterocycles. The summed E-state index contributed by atoms with van der Waals surface area (Å²) in [5.41, 5.74) is 0.373. The molecule has 32 heavy (non-hydrogen) atoms.